The first-order chi connectivity index (χ1) is 16.9. The fourth-order valence-electron chi connectivity index (χ4n) is 4.40. The Morgan fingerprint density at radius 2 is 2.03 bits per heavy atom. The van der Waals surface area contributed by atoms with E-state index in [4.69, 9.17) is 4.74 Å². The molecule has 7 nitrogen and oxygen atoms in total. The number of rotatable bonds is 7. The lowest BCUT2D eigenvalue weighted by Gasteiger charge is -2.16. The molecule has 1 unspecified atom stereocenters. The molecule has 1 amide bonds. The molecule has 184 valence electrons. The number of thioether (sulfide) groups is 1. The van der Waals surface area contributed by atoms with Crippen LogP contribution < -0.4 is 10.1 Å². The van der Waals surface area contributed by atoms with Crippen molar-refractivity contribution in [3.05, 3.63) is 51.2 Å². The summed E-state index contributed by atoms with van der Waals surface area (Å²) in [7, 11) is 1.88. The third kappa shape index (κ3) is 5.88. The van der Waals surface area contributed by atoms with Crippen molar-refractivity contribution in [3.8, 4) is 11.8 Å². The predicted octanol–water partition coefficient (Wildman–Crippen LogP) is 5.89. The Morgan fingerprint density at radius 1 is 1.26 bits per heavy atom. The molecular weight excluding hydrogens is 478 g/mol. The molecule has 0 saturated carbocycles. The van der Waals surface area contributed by atoms with Crippen molar-refractivity contribution in [1.82, 2.24) is 14.8 Å². The lowest BCUT2D eigenvalue weighted by molar-refractivity contribution is -0.113. The first kappa shape index (κ1) is 25.3. The average molecular weight is 510 g/mol. The summed E-state index contributed by atoms with van der Waals surface area (Å²) in [5.74, 6) is 1.55. The largest absolute Gasteiger partial charge is 0.482 e. The van der Waals surface area contributed by atoms with Crippen molar-refractivity contribution in [1.29, 1.82) is 5.26 Å². The number of anilines is 1. The standard InChI is InChI=1S/C26H31N5O2S2/c1-16-11-12-21(17(2)13-16)33-18(3)24-29-30-26(31(24)4)34-15-23(32)28-25-20(14-27)19-9-7-5-6-8-10-22(19)35-25/h11-13,18H,5-10,15H2,1-4H3,(H,28,32). The number of carbonyl (C=O) groups excluding carboxylic acids is 1. The molecule has 0 radical (unpaired) electrons. The number of nitrogens with one attached hydrogen (secondary N) is 1. The van der Waals surface area contributed by atoms with Crippen LogP contribution in [0.3, 0.4) is 0 Å². The lowest BCUT2D eigenvalue weighted by Crippen LogP contribution is -2.15. The maximum absolute atomic E-state index is 12.7. The molecule has 0 saturated heterocycles. The number of benzene rings is 1. The molecule has 2 aromatic heterocycles. The number of thiophene rings is 1. The van der Waals surface area contributed by atoms with E-state index < -0.39 is 0 Å². The van der Waals surface area contributed by atoms with Crippen LogP contribution in [-0.4, -0.2) is 26.4 Å². The van der Waals surface area contributed by atoms with Crippen LogP contribution in [0.15, 0.2) is 23.4 Å². The molecule has 0 spiro atoms. The zero-order chi connectivity index (χ0) is 24.9. The molecule has 1 aromatic carbocycles. The minimum absolute atomic E-state index is 0.148. The van der Waals surface area contributed by atoms with Crippen LogP contribution in [0.2, 0.25) is 0 Å². The topological polar surface area (TPSA) is 92.8 Å². The highest BCUT2D eigenvalue weighted by Crippen LogP contribution is 2.36. The zero-order valence-corrected chi connectivity index (χ0v) is 22.3. The third-order valence-corrected chi connectivity index (χ3v) is 8.46. The number of hydrogen-bond acceptors (Lipinski definition) is 7. The minimum Gasteiger partial charge on any atom is -0.482 e. The Balaban J connectivity index is 1.38. The molecule has 1 atom stereocenters. The third-order valence-electron chi connectivity index (χ3n) is 6.23. The molecule has 9 heteroatoms. The molecule has 4 rings (SSSR count). The molecule has 3 aromatic rings. The number of fused-ring (bicyclic) bond motifs is 1. The molecule has 1 aliphatic carbocycles. The van der Waals surface area contributed by atoms with Crippen molar-refractivity contribution in [2.24, 2.45) is 7.05 Å². The SMILES string of the molecule is Cc1ccc(OC(C)c2nnc(SCC(=O)Nc3sc4c(c3C#N)CCCCCC4)n2C)c(C)c1. The number of carbonyl (C=O) groups is 1. The number of hydrogen-bond donors (Lipinski definition) is 1. The summed E-state index contributed by atoms with van der Waals surface area (Å²) >= 11 is 2.88. The van der Waals surface area contributed by atoms with Crippen LogP contribution in [-0.2, 0) is 24.7 Å². The van der Waals surface area contributed by atoms with Crippen LogP contribution >= 0.6 is 23.1 Å². The van der Waals surface area contributed by atoms with E-state index in [1.807, 2.05) is 37.6 Å². The summed E-state index contributed by atoms with van der Waals surface area (Å²) < 4.78 is 7.99. The van der Waals surface area contributed by atoms with Gasteiger partial charge in [-0.3, -0.25) is 4.79 Å². The molecule has 1 N–H and O–H groups in total. The number of amides is 1. The fourth-order valence-corrected chi connectivity index (χ4v) is 6.37. The van der Waals surface area contributed by atoms with Crippen LogP contribution in [0, 0.1) is 25.2 Å². The second kappa shape index (κ2) is 11.3. The number of nitrogens with zero attached hydrogens (tertiary/aromatic N) is 4. The predicted molar refractivity (Wildman–Crippen MR) is 140 cm³/mol. The summed E-state index contributed by atoms with van der Waals surface area (Å²) in [6.45, 7) is 6.02. The first-order valence-corrected chi connectivity index (χ1v) is 13.8. The van der Waals surface area contributed by atoms with Gasteiger partial charge in [-0.2, -0.15) is 5.26 Å². The van der Waals surface area contributed by atoms with Crippen molar-refractivity contribution in [3.63, 3.8) is 0 Å². The first-order valence-electron chi connectivity index (χ1n) is 12.0. The van der Waals surface area contributed by atoms with Gasteiger partial charge >= 0.3 is 0 Å². The summed E-state index contributed by atoms with van der Waals surface area (Å²) in [5.41, 5.74) is 4.04. The monoisotopic (exact) mass is 509 g/mol. The Kier molecular flexibility index (Phi) is 8.14. The van der Waals surface area contributed by atoms with Crippen LogP contribution in [0.25, 0.3) is 0 Å². The van der Waals surface area contributed by atoms with Gasteiger partial charge in [-0.05, 0) is 63.6 Å². The zero-order valence-electron chi connectivity index (χ0n) is 20.7. The van der Waals surface area contributed by atoms with E-state index in [-0.39, 0.29) is 17.8 Å². The molecular formula is C26H31N5O2S2. The average Bonchev–Trinajstić information content (AvgIpc) is 3.33. The van der Waals surface area contributed by atoms with Gasteiger partial charge in [0, 0.05) is 11.9 Å². The smallest absolute Gasteiger partial charge is 0.235 e. The van der Waals surface area contributed by atoms with Crippen LogP contribution in [0.4, 0.5) is 5.00 Å². The van der Waals surface area contributed by atoms with Gasteiger partial charge in [0.2, 0.25) is 5.91 Å². The molecule has 0 fully saturated rings. The number of nitriles is 1. The summed E-state index contributed by atoms with van der Waals surface area (Å²) in [6.07, 6.45) is 6.29. The van der Waals surface area contributed by atoms with Gasteiger partial charge in [0.15, 0.2) is 17.1 Å². The van der Waals surface area contributed by atoms with E-state index in [9.17, 15) is 10.1 Å². The summed E-state index contributed by atoms with van der Waals surface area (Å²) in [5, 5.41) is 22.6. The second-order valence-electron chi connectivity index (χ2n) is 9.00. The quantitative estimate of drug-likeness (QED) is 0.399. The molecule has 0 aliphatic heterocycles. The van der Waals surface area contributed by atoms with Crippen molar-refractivity contribution in [2.75, 3.05) is 11.1 Å². The van der Waals surface area contributed by atoms with Crippen molar-refractivity contribution in [2.45, 2.75) is 70.6 Å². The van der Waals surface area contributed by atoms with E-state index in [2.05, 4.69) is 34.6 Å². The van der Waals surface area contributed by atoms with Gasteiger partial charge in [0.05, 0.1) is 11.3 Å². The summed E-state index contributed by atoms with van der Waals surface area (Å²) in [6, 6.07) is 8.41. The lowest BCUT2D eigenvalue weighted by atomic mass is 9.97. The highest BCUT2D eigenvalue weighted by Gasteiger charge is 2.22. The maximum Gasteiger partial charge on any atom is 0.235 e. The van der Waals surface area contributed by atoms with E-state index in [0.717, 1.165) is 42.6 Å². The number of aromatic nitrogens is 3. The van der Waals surface area contributed by atoms with Gasteiger partial charge in [-0.25, -0.2) is 0 Å². The summed E-state index contributed by atoms with van der Waals surface area (Å²) in [4.78, 5) is 14.0. The van der Waals surface area contributed by atoms with Gasteiger partial charge in [-0.15, -0.1) is 21.5 Å². The Hall–Kier alpha value is -2.83. The van der Waals surface area contributed by atoms with E-state index in [1.54, 1.807) is 11.3 Å². The van der Waals surface area contributed by atoms with Crippen molar-refractivity contribution < 1.29 is 9.53 Å². The van der Waals surface area contributed by atoms with Crippen LogP contribution in [0.5, 0.6) is 5.75 Å². The van der Waals surface area contributed by atoms with Gasteiger partial charge in [-0.1, -0.05) is 42.3 Å². The molecule has 0 bridgehead atoms. The fraction of sp³-hybridized carbons (Fsp3) is 0.462. The minimum atomic E-state index is -0.291. The maximum atomic E-state index is 12.7. The van der Waals surface area contributed by atoms with E-state index in [0.29, 0.717) is 21.5 Å². The molecule has 35 heavy (non-hydrogen) atoms. The number of ether oxygens (including phenoxy) is 1. The van der Waals surface area contributed by atoms with Gasteiger partial charge < -0.3 is 14.6 Å². The highest BCUT2D eigenvalue weighted by molar-refractivity contribution is 7.99. The van der Waals surface area contributed by atoms with Gasteiger partial charge in [0.25, 0.3) is 0 Å². The normalized spacial score (nSPS) is 14.4. The van der Waals surface area contributed by atoms with Gasteiger partial charge in [0.1, 0.15) is 16.8 Å². The molecule has 1 aliphatic rings. The second-order valence-corrected chi connectivity index (χ2v) is 11.0. The highest BCUT2D eigenvalue weighted by atomic mass is 32.2. The van der Waals surface area contributed by atoms with Crippen molar-refractivity contribution >= 4 is 34.0 Å². The Labute approximate surface area is 214 Å². The Bertz CT molecular complexity index is 1260. The number of aryl methyl sites for hydroxylation is 3. The van der Waals surface area contributed by atoms with Crippen LogP contribution in [0.1, 0.15) is 71.7 Å². The Morgan fingerprint density at radius 3 is 2.77 bits per heavy atom. The van der Waals surface area contributed by atoms with E-state index >= 15 is 0 Å². The molecule has 2 heterocycles. The van der Waals surface area contributed by atoms with E-state index in [1.165, 1.54) is 35.0 Å².